The van der Waals surface area contributed by atoms with Crippen molar-refractivity contribution >= 4 is 95.5 Å². The molecule has 7 heterocycles. The van der Waals surface area contributed by atoms with E-state index in [9.17, 15) is 76.7 Å². The van der Waals surface area contributed by atoms with Gasteiger partial charge >= 0.3 is 95.5 Å². The van der Waals surface area contributed by atoms with E-state index in [-0.39, 0.29) is 6.61 Å². The van der Waals surface area contributed by atoms with Gasteiger partial charge in [-0.15, -0.1) is 0 Å². The molecule has 0 bridgehead atoms. The molecular weight excluding hydrogens is 1830 g/mol. The number of rotatable bonds is 42. The first-order valence-electron chi connectivity index (χ1n) is 44.3. The van der Waals surface area contributed by atoms with Gasteiger partial charge in [0.1, 0.15) is 88.0 Å². The van der Waals surface area contributed by atoms with E-state index in [1.165, 1.54) is 0 Å². The standard InChI is InChI=1S/C93H116N2O43/c1-18-19-20-21-22-23-24-25-38-112-73-66(28-26-63-30-34-94-35-31-63)39-65(40-67(73)29-27-64-32-36-95-37-33-64)41-118-89-84(125-58(13)107)80(121-54(9)103)75(69(130-89)43-114-48(3)97)135-91-86(127-60(15)109)82(123-56(11)105)77(71(132-91)45-116-50(5)99)137-93-88(129-62(17)111)83(124-57(12)106)78(72(134-93)46-117-51(6)100)138-92-87(128-61(16)110)81(122-55(10)104)76(70(133-92)44-115-49(4)98)136-90-85(126-59(14)108)79(120-53(8)102)74(119-52(7)101)68(131-90)42-113-47(2)96/h30-37,39-40,68-72,74-93H,18-25,38,41-46H2,1-17H3/t68-,69-,70-,71-,72-,74-,75-,76-,77-,78-,79+,80+,81+,82+,83+,84-,85-,86-,87-,88-,89-,90-,91-,92-,93-/m1/s1. The molecule has 0 unspecified atom stereocenters. The summed E-state index contributed by atoms with van der Waals surface area (Å²) in [7, 11) is 0. The monoisotopic (exact) mass is 1950 g/mol. The van der Waals surface area contributed by atoms with E-state index in [2.05, 4.69) is 40.6 Å². The summed E-state index contributed by atoms with van der Waals surface area (Å²) in [6.45, 7) is 12.2. The van der Waals surface area contributed by atoms with Crippen molar-refractivity contribution in [3.05, 3.63) is 89.0 Å². The Labute approximate surface area is 794 Å². The molecule has 5 aliphatic heterocycles. The summed E-state index contributed by atoms with van der Waals surface area (Å²) >= 11 is 0. The van der Waals surface area contributed by atoms with Crippen molar-refractivity contribution in [2.45, 2.75) is 329 Å². The molecule has 0 saturated carbocycles. The molecule has 756 valence electrons. The van der Waals surface area contributed by atoms with Crippen molar-refractivity contribution < 1.29 is 205 Å². The Morgan fingerprint density at radius 3 is 0.775 bits per heavy atom. The number of ether oxygens (including phenoxy) is 27. The molecule has 138 heavy (non-hydrogen) atoms. The van der Waals surface area contributed by atoms with Gasteiger partial charge in [-0.2, -0.15) is 0 Å². The lowest BCUT2D eigenvalue weighted by molar-refractivity contribution is -0.393. The van der Waals surface area contributed by atoms with Crippen molar-refractivity contribution in [1.82, 2.24) is 9.97 Å². The van der Waals surface area contributed by atoms with Gasteiger partial charge in [0.05, 0.1) is 24.3 Å². The smallest absolute Gasteiger partial charge is 0.303 e. The van der Waals surface area contributed by atoms with E-state index in [4.69, 9.17) is 128 Å². The zero-order chi connectivity index (χ0) is 101. The first-order chi connectivity index (χ1) is 65.6. The second-order valence-corrected chi connectivity index (χ2v) is 32.1. The van der Waals surface area contributed by atoms with Crippen LogP contribution in [0.3, 0.4) is 0 Å². The van der Waals surface area contributed by atoms with Gasteiger partial charge in [0.25, 0.3) is 0 Å². The van der Waals surface area contributed by atoms with Crippen LogP contribution in [0, 0.1) is 23.7 Å². The number of esters is 16. The van der Waals surface area contributed by atoms with Crippen molar-refractivity contribution in [3.8, 4) is 29.4 Å². The Kier molecular flexibility index (Phi) is 43.9. The summed E-state index contributed by atoms with van der Waals surface area (Å²) in [5.41, 5.74) is 2.27. The van der Waals surface area contributed by atoms with E-state index < -0.39 is 289 Å². The number of nitrogens with zero attached hydrogens (tertiary/aromatic N) is 2. The first kappa shape index (κ1) is 111. The highest BCUT2D eigenvalue weighted by molar-refractivity contribution is 5.73. The van der Waals surface area contributed by atoms with Crippen molar-refractivity contribution in [2.24, 2.45) is 0 Å². The van der Waals surface area contributed by atoms with Crippen LogP contribution in [-0.4, -0.2) is 299 Å². The minimum absolute atomic E-state index is 0.289. The Balaban J connectivity index is 1.22. The Hall–Kier alpha value is -12.4. The van der Waals surface area contributed by atoms with Crippen molar-refractivity contribution in [1.29, 1.82) is 0 Å². The highest BCUT2D eigenvalue weighted by Crippen LogP contribution is 2.43. The molecule has 8 rings (SSSR count). The largest absolute Gasteiger partial charge is 0.491 e. The Morgan fingerprint density at radius 1 is 0.275 bits per heavy atom. The van der Waals surface area contributed by atoms with Gasteiger partial charge in [0.2, 0.25) is 0 Å². The van der Waals surface area contributed by atoms with Gasteiger partial charge in [-0.3, -0.25) is 86.7 Å². The van der Waals surface area contributed by atoms with E-state index in [0.29, 0.717) is 40.0 Å². The number of pyridine rings is 2. The van der Waals surface area contributed by atoms with E-state index in [1.54, 1.807) is 61.2 Å². The fourth-order valence-electron chi connectivity index (χ4n) is 15.3. The molecule has 25 atom stereocenters. The highest BCUT2D eigenvalue weighted by Gasteiger charge is 2.63. The van der Waals surface area contributed by atoms with Gasteiger partial charge in [0, 0.05) is 147 Å². The van der Waals surface area contributed by atoms with Crippen molar-refractivity contribution in [3.63, 3.8) is 0 Å². The number of carbonyl (C=O) groups excluding carboxylic acids is 16. The van der Waals surface area contributed by atoms with Crippen LogP contribution in [0.25, 0.3) is 0 Å². The molecule has 0 amide bonds. The topological polar surface area (TPSA) is 548 Å². The molecule has 45 heteroatoms. The summed E-state index contributed by atoms with van der Waals surface area (Å²) in [5, 5.41) is 0. The molecule has 1 aromatic carbocycles. The van der Waals surface area contributed by atoms with Crippen LogP contribution >= 0.6 is 0 Å². The highest BCUT2D eigenvalue weighted by atomic mass is 16.8. The number of hydrogen-bond acceptors (Lipinski definition) is 45. The summed E-state index contributed by atoms with van der Waals surface area (Å²) in [6, 6.07) is 10.2. The van der Waals surface area contributed by atoms with Gasteiger partial charge in [-0.05, 0) is 48.4 Å². The van der Waals surface area contributed by atoms with E-state index >= 15 is 0 Å². The van der Waals surface area contributed by atoms with Gasteiger partial charge < -0.3 is 128 Å². The van der Waals surface area contributed by atoms with Crippen LogP contribution in [0.5, 0.6) is 5.75 Å². The number of unbranched alkanes of at least 4 members (excludes halogenated alkanes) is 7. The van der Waals surface area contributed by atoms with Gasteiger partial charge in [0.15, 0.2) is 104 Å². The molecule has 5 saturated heterocycles. The predicted molar refractivity (Wildman–Crippen MR) is 457 cm³/mol. The van der Waals surface area contributed by atoms with Crippen LogP contribution in [0.15, 0.2) is 61.2 Å². The minimum atomic E-state index is -2.37. The molecule has 0 radical (unpaired) electrons. The Bertz CT molecular complexity index is 4750. The minimum Gasteiger partial charge on any atom is -0.491 e. The molecule has 0 aliphatic carbocycles. The third-order valence-corrected chi connectivity index (χ3v) is 20.5. The zero-order valence-corrected chi connectivity index (χ0v) is 79.3. The van der Waals surface area contributed by atoms with Gasteiger partial charge in [-0.25, -0.2) is 0 Å². The number of carbonyl (C=O) groups is 16. The lowest BCUT2D eigenvalue weighted by atomic mass is 9.94. The molecule has 0 spiro atoms. The maximum atomic E-state index is 13.9. The SMILES string of the molecule is CCCCCCCCCCOc1c(C#Cc2ccncc2)cc(CO[C@@H]2O[C@H](COC(C)=O)[C@@H](O[C@H]3O[C@H](COC(C)=O)[C@@H](O[C@H]4O[C@H](COC(C)=O)[C@@H](O[C@H]5O[C@H](COC(C)=O)[C@@H](O[C@H]6O[C@H](COC(C)=O)[C@@H](OC(C)=O)[C@H](OC(C)=O)[C@H]6OC(C)=O)[C@H](OC(C)=O)[C@H]5OC(C)=O)[C@H](OC(C)=O)[C@H]4OC(C)=O)[C@H](OC(C)=O)[C@H]3OC(C)=O)[C@H](OC(C)=O)[C@H]2OC(C)=O)cc1C#Cc1ccncc1. The summed E-state index contributed by atoms with van der Waals surface area (Å²) in [6.07, 6.45) is -37.3. The normalized spacial score (nSPS) is 27.4. The van der Waals surface area contributed by atoms with Crippen LogP contribution in [0.2, 0.25) is 0 Å². The fraction of sp³-hybridized carbons (Fsp3) is 0.613. The summed E-state index contributed by atoms with van der Waals surface area (Å²) in [5.74, 6) is -4.44. The molecule has 3 aromatic rings. The third kappa shape index (κ3) is 34.9. The average molecular weight is 1950 g/mol. The second kappa shape index (κ2) is 54.6. The predicted octanol–water partition coefficient (Wildman–Crippen LogP) is 4.54. The lowest BCUT2D eigenvalue weighted by Crippen LogP contribution is -2.70. The first-order valence-corrected chi connectivity index (χ1v) is 44.3. The number of benzene rings is 1. The number of aromatic nitrogens is 2. The van der Waals surface area contributed by atoms with E-state index in [0.717, 1.165) is 156 Å². The maximum absolute atomic E-state index is 13.9. The van der Waals surface area contributed by atoms with E-state index in [1.807, 2.05) is 0 Å². The molecular formula is C93H116N2O43. The van der Waals surface area contributed by atoms with Crippen LogP contribution in [-0.2, 0) is 206 Å². The van der Waals surface area contributed by atoms with Crippen LogP contribution in [0.1, 0.15) is 197 Å². The average Bonchev–Trinajstić information content (AvgIpc) is 0.751. The molecule has 5 aliphatic rings. The van der Waals surface area contributed by atoms with Crippen LogP contribution < -0.4 is 4.74 Å². The molecule has 0 N–H and O–H groups in total. The fourth-order valence-corrected chi connectivity index (χ4v) is 15.3. The third-order valence-electron chi connectivity index (χ3n) is 20.5. The quantitative estimate of drug-likeness (QED) is 0.0325. The van der Waals surface area contributed by atoms with Crippen molar-refractivity contribution in [2.75, 3.05) is 39.6 Å². The Morgan fingerprint density at radius 2 is 0.507 bits per heavy atom. The molecule has 5 fully saturated rings. The summed E-state index contributed by atoms with van der Waals surface area (Å²) < 4.78 is 164. The van der Waals surface area contributed by atoms with Gasteiger partial charge in [-0.1, -0.05) is 75.6 Å². The molecule has 2 aromatic heterocycles. The molecule has 45 nitrogen and oxygen atoms in total. The second-order valence-electron chi connectivity index (χ2n) is 32.1. The zero-order valence-electron chi connectivity index (χ0n) is 79.3. The number of hydrogen-bond donors (Lipinski definition) is 0. The lowest BCUT2D eigenvalue weighted by Gasteiger charge is -2.51. The summed E-state index contributed by atoms with van der Waals surface area (Å²) in [4.78, 5) is 222. The van der Waals surface area contributed by atoms with Crippen LogP contribution in [0.4, 0.5) is 0 Å². The maximum Gasteiger partial charge on any atom is 0.303 e.